The number of amides is 2. The minimum atomic E-state index is -4.54. The van der Waals surface area contributed by atoms with E-state index in [1.807, 2.05) is 0 Å². The van der Waals surface area contributed by atoms with E-state index in [-0.39, 0.29) is 17.6 Å². The van der Waals surface area contributed by atoms with Crippen LogP contribution in [0.2, 0.25) is 0 Å². The van der Waals surface area contributed by atoms with Crippen LogP contribution in [0.25, 0.3) is 0 Å². The van der Waals surface area contributed by atoms with E-state index in [0.29, 0.717) is 6.42 Å². The highest BCUT2D eigenvalue weighted by atomic mass is 19.4. The zero-order chi connectivity index (χ0) is 17.3. The van der Waals surface area contributed by atoms with E-state index in [9.17, 15) is 22.8 Å². The molecule has 4 nitrogen and oxygen atoms in total. The number of alkyl halides is 3. The van der Waals surface area contributed by atoms with Crippen LogP contribution in [-0.4, -0.2) is 17.9 Å². The Bertz CT molecular complexity index is 639. The van der Waals surface area contributed by atoms with Crippen molar-refractivity contribution in [2.75, 3.05) is 5.32 Å². The van der Waals surface area contributed by atoms with Gasteiger partial charge in [-0.25, -0.2) is 0 Å². The summed E-state index contributed by atoms with van der Waals surface area (Å²) >= 11 is 0. The van der Waals surface area contributed by atoms with Crippen LogP contribution in [0, 0.1) is 11.8 Å². The molecule has 0 bridgehead atoms. The first kappa shape index (κ1) is 16.8. The van der Waals surface area contributed by atoms with Crippen LogP contribution >= 0.6 is 0 Å². The minimum absolute atomic E-state index is 0.161. The summed E-state index contributed by atoms with van der Waals surface area (Å²) in [7, 11) is 0. The summed E-state index contributed by atoms with van der Waals surface area (Å²) in [5, 5.41) is 5.24. The number of anilines is 1. The summed E-state index contributed by atoms with van der Waals surface area (Å²) in [5.41, 5.74) is -1.15. The summed E-state index contributed by atoms with van der Waals surface area (Å²) in [5.74, 6) is -1.67. The summed E-state index contributed by atoms with van der Waals surface area (Å²) in [6.07, 6.45) is -0.0602. The molecule has 2 amide bonds. The van der Waals surface area contributed by atoms with E-state index >= 15 is 0 Å². The van der Waals surface area contributed by atoms with Gasteiger partial charge < -0.3 is 10.6 Å². The predicted octanol–water partition coefficient (Wildman–Crippen LogP) is 3.34. The van der Waals surface area contributed by atoms with Gasteiger partial charge in [-0.15, -0.1) is 0 Å². The Morgan fingerprint density at radius 1 is 1.00 bits per heavy atom. The smallest absolute Gasteiger partial charge is 0.353 e. The van der Waals surface area contributed by atoms with Crippen LogP contribution in [0.4, 0.5) is 18.9 Å². The molecule has 130 valence electrons. The molecule has 1 aromatic carbocycles. The summed E-state index contributed by atoms with van der Waals surface area (Å²) < 4.78 is 38.8. The number of halogens is 3. The fraction of sp³-hybridized carbons (Fsp3) is 0.529. The van der Waals surface area contributed by atoms with Gasteiger partial charge in [0.15, 0.2) is 0 Å². The number of hydrogen-bond donors (Lipinski definition) is 2. The Hall–Kier alpha value is -2.05. The maximum absolute atomic E-state index is 12.9. The molecule has 0 aromatic heterocycles. The molecule has 0 radical (unpaired) electrons. The van der Waals surface area contributed by atoms with Gasteiger partial charge >= 0.3 is 6.18 Å². The van der Waals surface area contributed by atoms with E-state index < -0.39 is 29.5 Å². The van der Waals surface area contributed by atoms with Crippen molar-refractivity contribution in [3.05, 3.63) is 29.8 Å². The summed E-state index contributed by atoms with van der Waals surface area (Å²) in [6.45, 7) is 0. The standard InChI is InChI=1S/C17H19F3N2O2/c18-17(19,20)13-7-3-4-8-14(13)22-16(24)12-9-11(12)15(23)21-10-5-1-2-6-10/h3-4,7-8,10-12H,1-2,5-6,9H2,(H,21,23)(H,22,24). The monoisotopic (exact) mass is 340 g/mol. The lowest BCUT2D eigenvalue weighted by molar-refractivity contribution is -0.137. The lowest BCUT2D eigenvalue weighted by Gasteiger charge is -2.14. The molecule has 2 fully saturated rings. The molecule has 2 atom stereocenters. The van der Waals surface area contributed by atoms with Crippen LogP contribution in [0.15, 0.2) is 24.3 Å². The molecule has 1 aromatic rings. The minimum Gasteiger partial charge on any atom is -0.353 e. The number of rotatable bonds is 4. The second kappa shape index (κ2) is 6.45. The van der Waals surface area contributed by atoms with Crippen LogP contribution in [-0.2, 0) is 15.8 Å². The molecule has 0 saturated heterocycles. The van der Waals surface area contributed by atoms with Crippen molar-refractivity contribution in [3.63, 3.8) is 0 Å². The molecule has 2 aliphatic carbocycles. The van der Waals surface area contributed by atoms with Gasteiger partial charge in [0.05, 0.1) is 23.1 Å². The molecule has 2 saturated carbocycles. The van der Waals surface area contributed by atoms with Gasteiger partial charge in [0.2, 0.25) is 11.8 Å². The Balaban J connectivity index is 1.58. The Kier molecular flexibility index (Phi) is 4.51. The molecule has 7 heteroatoms. The number of carbonyl (C=O) groups is 2. The molecule has 2 unspecified atom stereocenters. The first-order chi connectivity index (χ1) is 11.4. The molecule has 24 heavy (non-hydrogen) atoms. The first-order valence-electron chi connectivity index (χ1n) is 8.13. The molecule has 0 spiro atoms. The maximum atomic E-state index is 12.9. The fourth-order valence-corrected chi connectivity index (χ4v) is 3.22. The molecule has 0 aliphatic heterocycles. The van der Waals surface area contributed by atoms with Gasteiger partial charge in [-0.2, -0.15) is 13.2 Å². The number of carbonyl (C=O) groups excluding carboxylic acids is 2. The van der Waals surface area contributed by atoms with Gasteiger partial charge in [0, 0.05) is 6.04 Å². The van der Waals surface area contributed by atoms with Gasteiger partial charge in [-0.3, -0.25) is 9.59 Å². The van der Waals surface area contributed by atoms with E-state index in [0.717, 1.165) is 31.7 Å². The van der Waals surface area contributed by atoms with E-state index in [1.54, 1.807) is 0 Å². The van der Waals surface area contributed by atoms with Crippen molar-refractivity contribution in [2.45, 2.75) is 44.3 Å². The van der Waals surface area contributed by atoms with Crippen molar-refractivity contribution in [2.24, 2.45) is 11.8 Å². The lowest BCUT2D eigenvalue weighted by Crippen LogP contribution is -2.34. The SMILES string of the molecule is O=C(Nc1ccccc1C(F)(F)F)C1CC1C(=O)NC1CCCC1. The van der Waals surface area contributed by atoms with Crippen LogP contribution in [0.5, 0.6) is 0 Å². The highest BCUT2D eigenvalue weighted by Gasteiger charge is 2.48. The van der Waals surface area contributed by atoms with E-state index in [1.165, 1.54) is 18.2 Å². The normalized spacial score (nSPS) is 23.8. The molecule has 0 heterocycles. The van der Waals surface area contributed by atoms with Gasteiger partial charge in [-0.05, 0) is 31.4 Å². The van der Waals surface area contributed by atoms with Crippen LogP contribution in [0.1, 0.15) is 37.7 Å². The van der Waals surface area contributed by atoms with Crippen LogP contribution in [0.3, 0.4) is 0 Å². The average Bonchev–Trinajstić information content (AvgIpc) is 3.18. The fourth-order valence-electron chi connectivity index (χ4n) is 3.22. The second-order valence-corrected chi connectivity index (χ2v) is 6.47. The van der Waals surface area contributed by atoms with Crippen molar-refractivity contribution in [3.8, 4) is 0 Å². The average molecular weight is 340 g/mol. The highest BCUT2D eigenvalue weighted by molar-refractivity contribution is 6.00. The number of hydrogen-bond acceptors (Lipinski definition) is 2. The predicted molar refractivity (Wildman–Crippen MR) is 82.1 cm³/mol. The van der Waals surface area contributed by atoms with Crippen molar-refractivity contribution in [1.29, 1.82) is 0 Å². The Morgan fingerprint density at radius 2 is 1.62 bits per heavy atom. The third-order valence-electron chi connectivity index (χ3n) is 4.66. The van der Waals surface area contributed by atoms with Crippen molar-refractivity contribution < 1.29 is 22.8 Å². The summed E-state index contributed by atoms with van der Waals surface area (Å²) in [6, 6.07) is 5.02. The zero-order valence-electron chi connectivity index (χ0n) is 13.0. The Labute approximate surface area is 137 Å². The third kappa shape index (κ3) is 3.71. The molecule has 2 N–H and O–H groups in total. The van der Waals surface area contributed by atoms with E-state index in [4.69, 9.17) is 0 Å². The lowest BCUT2D eigenvalue weighted by atomic mass is 10.1. The third-order valence-corrected chi connectivity index (χ3v) is 4.66. The van der Waals surface area contributed by atoms with Crippen molar-refractivity contribution in [1.82, 2.24) is 5.32 Å². The molecular weight excluding hydrogens is 321 g/mol. The van der Waals surface area contributed by atoms with Crippen molar-refractivity contribution >= 4 is 17.5 Å². The van der Waals surface area contributed by atoms with Crippen LogP contribution < -0.4 is 10.6 Å². The van der Waals surface area contributed by atoms with Gasteiger partial charge in [-0.1, -0.05) is 25.0 Å². The first-order valence-corrected chi connectivity index (χ1v) is 8.13. The highest BCUT2D eigenvalue weighted by Crippen LogP contribution is 2.41. The van der Waals surface area contributed by atoms with Gasteiger partial charge in [0.25, 0.3) is 0 Å². The topological polar surface area (TPSA) is 58.2 Å². The summed E-state index contributed by atoms with van der Waals surface area (Å²) in [4.78, 5) is 24.2. The second-order valence-electron chi connectivity index (χ2n) is 6.47. The maximum Gasteiger partial charge on any atom is 0.418 e. The largest absolute Gasteiger partial charge is 0.418 e. The van der Waals surface area contributed by atoms with E-state index in [2.05, 4.69) is 10.6 Å². The van der Waals surface area contributed by atoms with Gasteiger partial charge in [0.1, 0.15) is 0 Å². The quantitative estimate of drug-likeness (QED) is 0.883. The Morgan fingerprint density at radius 3 is 2.29 bits per heavy atom. The number of para-hydroxylation sites is 1. The molecule has 2 aliphatic rings. The molecule has 3 rings (SSSR count). The number of benzene rings is 1. The number of nitrogens with one attached hydrogen (secondary N) is 2. The molecular formula is C17H19F3N2O2. The zero-order valence-corrected chi connectivity index (χ0v) is 13.0.